The van der Waals surface area contributed by atoms with Gasteiger partial charge in [0.1, 0.15) is 11.2 Å². The second-order valence-electron chi connectivity index (χ2n) is 4.00. The standard InChI is InChI=1S/C6H4BrNO2.C5H8F3N/c7-4-1-2-5(6(9)10)8-3-4;1-9-4(2-3-4)5(6,7)8/h1-3H,(H,9,10);9H,2-3H2,1H3. The molecule has 1 aromatic heterocycles. The molecule has 0 radical (unpaired) electrons. The highest BCUT2D eigenvalue weighted by atomic mass is 79.9. The average molecular weight is 341 g/mol. The van der Waals surface area contributed by atoms with Crippen molar-refractivity contribution in [1.82, 2.24) is 10.3 Å². The van der Waals surface area contributed by atoms with Crippen LogP contribution in [0.3, 0.4) is 0 Å². The van der Waals surface area contributed by atoms with Crippen LogP contribution in [-0.4, -0.2) is 34.8 Å². The maximum Gasteiger partial charge on any atom is 0.406 e. The van der Waals surface area contributed by atoms with Gasteiger partial charge >= 0.3 is 12.1 Å². The first-order valence-electron chi connectivity index (χ1n) is 5.32. The molecule has 0 atom stereocenters. The molecule has 2 rings (SSSR count). The van der Waals surface area contributed by atoms with E-state index >= 15 is 0 Å². The lowest BCUT2D eigenvalue weighted by Crippen LogP contribution is -2.42. The van der Waals surface area contributed by atoms with E-state index in [0.717, 1.165) is 4.47 Å². The average Bonchev–Trinajstić information content (AvgIpc) is 3.10. The molecule has 0 aromatic carbocycles. The Labute approximate surface area is 116 Å². The molecule has 106 valence electrons. The molecule has 0 unspecified atom stereocenters. The smallest absolute Gasteiger partial charge is 0.406 e. The summed E-state index contributed by atoms with van der Waals surface area (Å²) in [7, 11) is 1.35. The second-order valence-corrected chi connectivity index (χ2v) is 4.91. The number of alkyl halides is 3. The minimum absolute atomic E-state index is 0.0585. The van der Waals surface area contributed by atoms with Gasteiger partial charge in [-0.15, -0.1) is 0 Å². The van der Waals surface area contributed by atoms with Crippen LogP contribution in [0.2, 0.25) is 0 Å². The number of rotatable bonds is 2. The highest BCUT2D eigenvalue weighted by Crippen LogP contribution is 2.48. The van der Waals surface area contributed by atoms with Crippen LogP contribution >= 0.6 is 15.9 Å². The number of nitrogens with zero attached hydrogens (tertiary/aromatic N) is 1. The molecule has 0 amide bonds. The third-order valence-electron chi connectivity index (χ3n) is 2.72. The Balaban J connectivity index is 0.000000191. The molecule has 1 fully saturated rings. The number of aromatic carboxylic acids is 1. The number of halogens is 4. The highest BCUT2D eigenvalue weighted by molar-refractivity contribution is 9.10. The fourth-order valence-corrected chi connectivity index (χ4v) is 1.54. The number of nitrogens with one attached hydrogen (secondary N) is 1. The van der Waals surface area contributed by atoms with E-state index in [0.29, 0.717) is 0 Å². The maximum absolute atomic E-state index is 11.8. The normalized spacial score (nSPS) is 16.3. The van der Waals surface area contributed by atoms with Crippen LogP contribution in [-0.2, 0) is 0 Å². The van der Waals surface area contributed by atoms with E-state index in [1.54, 1.807) is 6.07 Å². The Hall–Kier alpha value is -1.15. The highest BCUT2D eigenvalue weighted by Gasteiger charge is 2.62. The van der Waals surface area contributed by atoms with Gasteiger partial charge in [-0.3, -0.25) is 0 Å². The first-order chi connectivity index (χ1) is 8.72. The van der Waals surface area contributed by atoms with E-state index < -0.39 is 17.7 Å². The van der Waals surface area contributed by atoms with Crippen LogP contribution in [0.1, 0.15) is 23.3 Å². The molecule has 0 spiro atoms. The lowest BCUT2D eigenvalue weighted by molar-refractivity contribution is -0.164. The summed E-state index contributed by atoms with van der Waals surface area (Å²) < 4.78 is 36.3. The summed E-state index contributed by atoms with van der Waals surface area (Å²) in [6, 6.07) is 3.07. The molecule has 19 heavy (non-hydrogen) atoms. The Morgan fingerprint density at radius 3 is 2.26 bits per heavy atom. The lowest BCUT2D eigenvalue weighted by Gasteiger charge is -2.17. The van der Waals surface area contributed by atoms with Gasteiger partial charge in [0, 0.05) is 10.7 Å². The minimum atomic E-state index is -4.05. The Morgan fingerprint density at radius 2 is 2.05 bits per heavy atom. The van der Waals surface area contributed by atoms with Gasteiger partial charge in [0.15, 0.2) is 0 Å². The van der Waals surface area contributed by atoms with Crippen molar-refractivity contribution < 1.29 is 23.1 Å². The zero-order valence-electron chi connectivity index (χ0n) is 9.96. The molecular weight excluding hydrogens is 329 g/mol. The first kappa shape index (κ1) is 15.9. The van der Waals surface area contributed by atoms with Crippen molar-refractivity contribution in [3.63, 3.8) is 0 Å². The number of hydrogen-bond donors (Lipinski definition) is 2. The number of carboxylic acids is 1. The number of aromatic nitrogens is 1. The van der Waals surface area contributed by atoms with Crippen molar-refractivity contribution in [3.05, 3.63) is 28.5 Å². The Morgan fingerprint density at radius 1 is 1.47 bits per heavy atom. The van der Waals surface area contributed by atoms with E-state index in [9.17, 15) is 18.0 Å². The third-order valence-corrected chi connectivity index (χ3v) is 3.19. The molecule has 0 bridgehead atoms. The maximum atomic E-state index is 11.8. The second kappa shape index (κ2) is 5.87. The van der Waals surface area contributed by atoms with Gasteiger partial charge < -0.3 is 10.4 Å². The molecule has 1 aliphatic rings. The van der Waals surface area contributed by atoms with Crippen LogP contribution in [0, 0.1) is 0 Å². The SMILES string of the molecule is CNC1(C(F)(F)F)CC1.O=C(O)c1ccc(Br)cn1. The molecule has 8 heteroatoms. The van der Waals surface area contributed by atoms with Crippen LogP contribution in [0.5, 0.6) is 0 Å². The number of pyridine rings is 1. The quantitative estimate of drug-likeness (QED) is 0.868. The lowest BCUT2D eigenvalue weighted by atomic mass is 10.3. The zero-order valence-corrected chi connectivity index (χ0v) is 11.5. The summed E-state index contributed by atoms with van der Waals surface area (Å²) >= 11 is 3.14. The fourth-order valence-electron chi connectivity index (χ4n) is 1.30. The topological polar surface area (TPSA) is 62.2 Å². The van der Waals surface area contributed by atoms with Crippen LogP contribution in [0.15, 0.2) is 22.8 Å². The molecule has 1 heterocycles. The molecule has 1 aromatic rings. The predicted molar refractivity (Wildman–Crippen MR) is 66.0 cm³/mol. The van der Waals surface area contributed by atoms with Gasteiger partial charge in [-0.05, 0) is 48.0 Å². The summed E-state index contributed by atoms with van der Waals surface area (Å²) in [5.41, 5.74) is -1.46. The summed E-state index contributed by atoms with van der Waals surface area (Å²) in [5, 5.41) is 10.7. The third kappa shape index (κ3) is 4.17. The van der Waals surface area contributed by atoms with Gasteiger partial charge in [0.2, 0.25) is 0 Å². The van der Waals surface area contributed by atoms with Gasteiger partial charge in [-0.1, -0.05) is 0 Å². The van der Waals surface area contributed by atoms with Crippen molar-refractivity contribution in [2.24, 2.45) is 0 Å². The van der Waals surface area contributed by atoms with E-state index in [1.165, 1.54) is 19.3 Å². The van der Waals surface area contributed by atoms with Crippen molar-refractivity contribution in [3.8, 4) is 0 Å². The van der Waals surface area contributed by atoms with Crippen LogP contribution < -0.4 is 5.32 Å². The first-order valence-corrected chi connectivity index (χ1v) is 6.11. The van der Waals surface area contributed by atoms with Gasteiger partial charge in [0.25, 0.3) is 0 Å². The van der Waals surface area contributed by atoms with E-state index in [-0.39, 0.29) is 18.5 Å². The largest absolute Gasteiger partial charge is 0.477 e. The van der Waals surface area contributed by atoms with E-state index in [4.69, 9.17) is 5.11 Å². The number of hydrogen-bond acceptors (Lipinski definition) is 3. The molecule has 1 aliphatic carbocycles. The van der Waals surface area contributed by atoms with Crippen molar-refractivity contribution >= 4 is 21.9 Å². The fraction of sp³-hybridized carbons (Fsp3) is 0.455. The van der Waals surface area contributed by atoms with Gasteiger partial charge in [-0.25, -0.2) is 9.78 Å². The van der Waals surface area contributed by atoms with Crippen LogP contribution in [0.25, 0.3) is 0 Å². The molecule has 1 saturated carbocycles. The molecule has 2 N–H and O–H groups in total. The van der Waals surface area contributed by atoms with Gasteiger partial charge in [-0.2, -0.15) is 13.2 Å². The molecule has 0 saturated heterocycles. The summed E-state index contributed by atoms with van der Waals surface area (Å²) in [5.74, 6) is -1.01. The van der Waals surface area contributed by atoms with Crippen molar-refractivity contribution in [1.29, 1.82) is 0 Å². The summed E-state index contributed by atoms with van der Waals surface area (Å²) in [6.07, 6.45) is -2.15. The molecule has 0 aliphatic heterocycles. The monoisotopic (exact) mass is 340 g/mol. The summed E-state index contributed by atoms with van der Waals surface area (Å²) in [6.45, 7) is 0. The summed E-state index contributed by atoms with van der Waals surface area (Å²) in [4.78, 5) is 13.9. The van der Waals surface area contributed by atoms with Crippen molar-refractivity contribution in [2.45, 2.75) is 24.6 Å². The molecule has 4 nitrogen and oxygen atoms in total. The van der Waals surface area contributed by atoms with Gasteiger partial charge in [0.05, 0.1) is 0 Å². The molecular formula is C11H12BrF3N2O2. The predicted octanol–water partition coefficient (Wildman–Crippen LogP) is 2.84. The number of carbonyl (C=O) groups is 1. The Kier molecular flexibility index (Phi) is 4.92. The Bertz CT molecular complexity index is 444. The van der Waals surface area contributed by atoms with E-state index in [2.05, 4.69) is 26.2 Å². The van der Waals surface area contributed by atoms with E-state index in [1.807, 2.05) is 0 Å². The zero-order chi connectivity index (χ0) is 14.7. The number of carboxylic acid groups (broad SMARTS) is 1. The van der Waals surface area contributed by atoms with Crippen molar-refractivity contribution in [2.75, 3.05) is 7.05 Å². The minimum Gasteiger partial charge on any atom is -0.477 e. The van der Waals surface area contributed by atoms with Crippen LogP contribution in [0.4, 0.5) is 13.2 Å².